The molecule has 64 valence electrons. The summed E-state index contributed by atoms with van der Waals surface area (Å²) in [6.07, 6.45) is 0.240. The SMILES string of the molecule is CC(C)Oc1cccc(Br)c1.[MgH2]. The highest BCUT2D eigenvalue weighted by Gasteiger charge is 1.96. The molecule has 0 N–H and O–H groups in total. The predicted octanol–water partition coefficient (Wildman–Crippen LogP) is 2.32. The summed E-state index contributed by atoms with van der Waals surface area (Å²) < 4.78 is 6.52. The zero-order chi connectivity index (χ0) is 8.27. The average Bonchev–Trinajstić information content (AvgIpc) is 1.85. The van der Waals surface area contributed by atoms with Gasteiger partial charge in [0.15, 0.2) is 0 Å². The zero-order valence-electron chi connectivity index (χ0n) is 6.67. The molecule has 1 aromatic rings. The van der Waals surface area contributed by atoms with E-state index in [4.69, 9.17) is 4.74 Å². The van der Waals surface area contributed by atoms with Gasteiger partial charge in [0.25, 0.3) is 0 Å². The van der Waals surface area contributed by atoms with Crippen molar-refractivity contribution in [3.05, 3.63) is 28.7 Å². The molecule has 0 unspecified atom stereocenters. The van der Waals surface area contributed by atoms with Crippen LogP contribution in [0.25, 0.3) is 0 Å². The van der Waals surface area contributed by atoms with E-state index in [9.17, 15) is 0 Å². The third-order valence-electron chi connectivity index (χ3n) is 1.17. The van der Waals surface area contributed by atoms with E-state index in [1.807, 2.05) is 38.1 Å². The van der Waals surface area contributed by atoms with Crippen LogP contribution in [-0.4, -0.2) is 29.2 Å². The lowest BCUT2D eigenvalue weighted by atomic mass is 10.3. The summed E-state index contributed by atoms with van der Waals surface area (Å²) in [5, 5.41) is 0. The number of rotatable bonds is 2. The normalized spacial score (nSPS) is 9.33. The highest BCUT2D eigenvalue weighted by molar-refractivity contribution is 9.10. The standard InChI is InChI=1S/C9H11BrO.Mg.2H/c1-7(2)11-9-5-3-4-8(10)6-9;;;/h3-7H,1-2H3;;;. The molecule has 0 saturated heterocycles. The minimum absolute atomic E-state index is 0. The Labute approximate surface area is 97.8 Å². The number of halogens is 1. The van der Waals surface area contributed by atoms with Gasteiger partial charge in [0.2, 0.25) is 0 Å². The summed E-state index contributed by atoms with van der Waals surface area (Å²) in [6, 6.07) is 7.85. The molecular weight excluding hydrogens is 228 g/mol. The molecule has 0 aromatic heterocycles. The molecule has 0 bridgehead atoms. The molecular formula is C9H13BrMgO. The fourth-order valence-corrected chi connectivity index (χ4v) is 1.19. The smallest absolute Gasteiger partial charge is 0.316 e. The number of benzene rings is 1. The quantitative estimate of drug-likeness (QED) is 0.722. The Balaban J connectivity index is 0.00000121. The largest absolute Gasteiger partial charge is 0.491 e. The van der Waals surface area contributed by atoms with Gasteiger partial charge in [0, 0.05) is 4.47 Å². The van der Waals surface area contributed by atoms with Crippen LogP contribution >= 0.6 is 15.9 Å². The van der Waals surface area contributed by atoms with E-state index in [0.29, 0.717) is 0 Å². The van der Waals surface area contributed by atoms with Gasteiger partial charge in [-0.05, 0) is 32.0 Å². The van der Waals surface area contributed by atoms with E-state index in [2.05, 4.69) is 15.9 Å². The molecule has 1 nitrogen and oxygen atoms in total. The Morgan fingerprint density at radius 1 is 1.33 bits per heavy atom. The molecule has 0 aliphatic carbocycles. The van der Waals surface area contributed by atoms with Crippen molar-refractivity contribution in [3.8, 4) is 5.75 Å². The predicted molar refractivity (Wildman–Crippen MR) is 58.5 cm³/mol. The molecule has 0 spiro atoms. The first kappa shape index (κ1) is 12.3. The van der Waals surface area contributed by atoms with Crippen molar-refractivity contribution in [2.45, 2.75) is 20.0 Å². The van der Waals surface area contributed by atoms with Crippen molar-refractivity contribution in [2.75, 3.05) is 0 Å². The Morgan fingerprint density at radius 2 is 2.00 bits per heavy atom. The average molecular weight is 241 g/mol. The maximum absolute atomic E-state index is 5.46. The number of hydrogen-bond acceptors (Lipinski definition) is 1. The van der Waals surface area contributed by atoms with Gasteiger partial charge >= 0.3 is 23.1 Å². The van der Waals surface area contributed by atoms with Gasteiger partial charge in [0.05, 0.1) is 6.10 Å². The van der Waals surface area contributed by atoms with E-state index in [0.717, 1.165) is 10.2 Å². The van der Waals surface area contributed by atoms with Crippen LogP contribution in [0.4, 0.5) is 0 Å². The third-order valence-corrected chi connectivity index (χ3v) is 1.66. The van der Waals surface area contributed by atoms with Crippen LogP contribution in [0.2, 0.25) is 0 Å². The molecule has 12 heavy (non-hydrogen) atoms. The summed E-state index contributed by atoms with van der Waals surface area (Å²) in [5.41, 5.74) is 0. The van der Waals surface area contributed by atoms with E-state index in [1.54, 1.807) is 0 Å². The fraction of sp³-hybridized carbons (Fsp3) is 0.333. The molecule has 0 aliphatic rings. The van der Waals surface area contributed by atoms with Crippen LogP contribution in [0.3, 0.4) is 0 Å². The second-order valence-electron chi connectivity index (χ2n) is 2.62. The fourth-order valence-electron chi connectivity index (χ4n) is 0.812. The molecule has 0 amide bonds. The van der Waals surface area contributed by atoms with Gasteiger partial charge in [-0.1, -0.05) is 22.0 Å². The molecule has 1 rings (SSSR count). The van der Waals surface area contributed by atoms with Crippen LogP contribution in [0, 0.1) is 0 Å². The Morgan fingerprint density at radius 3 is 2.50 bits per heavy atom. The van der Waals surface area contributed by atoms with Gasteiger partial charge in [0.1, 0.15) is 5.75 Å². The summed E-state index contributed by atoms with van der Waals surface area (Å²) in [7, 11) is 0. The minimum atomic E-state index is 0. The van der Waals surface area contributed by atoms with Crippen LogP contribution < -0.4 is 4.74 Å². The molecule has 0 atom stereocenters. The van der Waals surface area contributed by atoms with Crippen molar-refractivity contribution in [1.29, 1.82) is 0 Å². The first-order chi connectivity index (χ1) is 5.18. The van der Waals surface area contributed by atoms with Crippen molar-refractivity contribution >= 4 is 39.0 Å². The summed E-state index contributed by atoms with van der Waals surface area (Å²) in [6.45, 7) is 4.03. The van der Waals surface area contributed by atoms with Gasteiger partial charge in [-0.25, -0.2) is 0 Å². The maximum Gasteiger partial charge on any atom is 0.316 e. The monoisotopic (exact) mass is 240 g/mol. The lowest BCUT2D eigenvalue weighted by Crippen LogP contribution is -2.04. The lowest BCUT2D eigenvalue weighted by Gasteiger charge is -2.08. The van der Waals surface area contributed by atoms with Crippen LogP contribution in [-0.2, 0) is 0 Å². The first-order valence-corrected chi connectivity index (χ1v) is 4.40. The minimum Gasteiger partial charge on any atom is -0.491 e. The number of hydrogen-bond donors (Lipinski definition) is 0. The third kappa shape index (κ3) is 4.33. The summed E-state index contributed by atoms with van der Waals surface area (Å²) in [4.78, 5) is 0. The maximum atomic E-state index is 5.46. The van der Waals surface area contributed by atoms with E-state index < -0.39 is 0 Å². The van der Waals surface area contributed by atoms with E-state index >= 15 is 0 Å². The second kappa shape index (κ2) is 5.83. The van der Waals surface area contributed by atoms with Gasteiger partial charge < -0.3 is 4.74 Å². The molecule has 0 aliphatic heterocycles. The highest BCUT2D eigenvalue weighted by atomic mass is 79.9. The molecule has 0 heterocycles. The molecule has 1 aromatic carbocycles. The Kier molecular flexibility index (Phi) is 5.96. The number of ether oxygens (including phenoxy) is 1. The first-order valence-electron chi connectivity index (χ1n) is 3.60. The zero-order valence-corrected chi connectivity index (χ0v) is 8.26. The van der Waals surface area contributed by atoms with Gasteiger partial charge in [-0.15, -0.1) is 0 Å². The van der Waals surface area contributed by atoms with Crippen molar-refractivity contribution in [2.24, 2.45) is 0 Å². The van der Waals surface area contributed by atoms with Crippen molar-refractivity contribution < 1.29 is 4.74 Å². The summed E-state index contributed by atoms with van der Waals surface area (Å²) >= 11 is 3.37. The van der Waals surface area contributed by atoms with E-state index in [1.165, 1.54) is 0 Å². The molecule has 0 saturated carbocycles. The Hall–Kier alpha value is 0.266. The second-order valence-corrected chi connectivity index (χ2v) is 3.54. The topological polar surface area (TPSA) is 9.23 Å². The molecule has 0 fully saturated rings. The Bertz CT molecular complexity index is 238. The van der Waals surface area contributed by atoms with E-state index in [-0.39, 0.29) is 29.2 Å². The highest BCUT2D eigenvalue weighted by Crippen LogP contribution is 2.18. The van der Waals surface area contributed by atoms with Crippen LogP contribution in [0.1, 0.15) is 13.8 Å². The lowest BCUT2D eigenvalue weighted by molar-refractivity contribution is 0.242. The van der Waals surface area contributed by atoms with Crippen molar-refractivity contribution in [1.82, 2.24) is 0 Å². The van der Waals surface area contributed by atoms with Crippen molar-refractivity contribution in [3.63, 3.8) is 0 Å². The van der Waals surface area contributed by atoms with Gasteiger partial charge in [-0.3, -0.25) is 0 Å². The van der Waals surface area contributed by atoms with Crippen LogP contribution in [0.5, 0.6) is 5.75 Å². The van der Waals surface area contributed by atoms with Crippen LogP contribution in [0.15, 0.2) is 28.7 Å². The summed E-state index contributed by atoms with van der Waals surface area (Å²) in [5.74, 6) is 0.911. The van der Waals surface area contributed by atoms with Gasteiger partial charge in [-0.2, -0.15) is 0 Å². The molecule has 3 heteroatoms. The molecule has 0 radical (unpaired) electrons.